The number of hydrogen-bond acceptors (Lipinski definition) is 5. The van der Waals surface area contributed by atoms with E-state index in [9.17, 15) is 4.79 Å². The summed E-state index contributed by atoms with van der Waals surface area (Å²) in [6.45, 7) is 5.44. The number of rotatable bonds is 10. The fourth-order valence-corrected chi connectivity index (χ4v) is 7.29. The van der Waals surface area contributed by atoms with Crippen LogP contribution in [-0.4, -0.2) is 55.6 Å². The highest BCUT2D eigenvalue weighted by atomic mass is 16.5. The second kappa shape index (κ2) is 12.7. The van der Waals surface area contributed by atoms with Gasteiger partial charge in [0.2, 0.25) is 5.91 Å². The van der Waals surface area contributed by atoms with Gasteiger partial charge in [0.1, 0.15) is 17.0 Å². The Morgan fingerprint density at radius 2 is 1.44 bits per heavy atom. The highest BCUT2D eigenvalue weighted by Gasteiger charge is 2.48. The third-order valence-electron chi connectivity index (χ3n) is 9.64. The predicted molar refractivity (Wildman–Crippen MR) is 182 cm³/mol. The third-order valence-corrected chi connectivity index (χ3v) is 9.64. The van der Waals surface area contributed by atoms with Crippen molar-refractivity contribution in [3.63, 3.8) is 0 Å². The fourth-order valence-electron chi connectivity index (χ4n) is 7.29. The number of carbonyl (C=O) groups excluding carboxylic acids is 1. The van der Waals surface area contributed by atoms with Gasteiger partial charge in [-0.2, -0.15) is 0 Å². The number of pyridine rings is 1. The number of methoxy groups -OCH3 is 1. The molecule has 1 N–H and O–H groups in total. The van der Waals surface area contributed by atoms with Crippen molar-refractivity contribution in [3.8, 4) is 16.9 Å². The number of unbranched alkanes of at least 4 members (excludes halogenated alkanes) is 1. The van der Waals surface area contributed by atoms with Crippen LogP contribution in [0.25, 0.3) is 22.0 Å². The van der Waals surface area contributed by atoms with Crippen LogP contribution in [0.3, 0.4) is 0 Å². The largest absolute Gasteiger partial charge is 0.496 e. The van der Waals surface area contributed by atoms with Crippen LogP contribution >= 0.6 is 0 Å². The zero-order chi connectivity index (χ0) is 30.6. The van der Waals surface area contributed by atoms with Gasteiger partial charge in [-0.1, -0.05) is 91.3 Å². The third kappa shape index (κ3) is 5.55. The summed E-state index contributed by atoms with van der Waals surface area (Å²) in [5.74, 6) is 1.91. The summed E-state index contributed by atoms with van der Waals surface area (Å²) in [6.07, 6.45) is 2.76. The van der Waals surface area contributed by atoms with Crippen molar-refractivity contribution < 1.29 is 9.53 Å². The zero-order valence-electron chi connectivity index (χ0n) is 25.9. The Morgan fingerprint density at radius 1 is 0.778 bits per heavy atom. The number of aromatic nitrogens is 1. The molecule has 6 heteroatoms. The number of ether oxygens (including phenoxy) is 1. The van der Waals surface area contributed by atoms with Crippen LogP contribution in [0.15, 0.2) is 109 Å². The summed E-state index contributed by atoms with van der Waals surface area (Å²) >= 11 is 0. The number of piperazine rings is 1. The van der Waals surface area contributed by atoms with Crippen LogP contribution < -0.4 is 15.0 Å². The van der Waals surface area contributed by atoms with Gasteiger partial charge < -0.3 is 15.0 Å². The Kier molecular flexibility index (Phi) is 8.23. The molecule has 1 aliphatic carbocycles. The van der Waals surface area contributed by atoms with E-state index in [1.54, 1.807) is 7.11 Å². The van der Waals surface area contributed by atoms with E-state index in [1.165, 1.54) is 16.5 Å². The molecule has 0 radical (unpaired) electrons. The van der Waals surface area contributed by atoms with Crippen molar-refractivity contribution in [2.24, 2.45) is 0 Å². The van der Waals surface area contributed by atoms with Crippen LogP contribution in [0.1, 0.15) is 36.0 Å². The number of hydrogen-bond donors (Lipinski definition) is 1. The second-order valence-electron chi connectivity index (χ2n) is 12.1. The Bertz CT molecular complexity index is 1760. The summed E-state index contributed by atoms with van der Waals surface area (Å²) in [5, 5.41) is 4.50. The maximum absolute atomic E-state index is 14.4. The molecule has 6 nitrogen and oxygen atoms in total. The standard InChI is InChI=1S/C39H40N4O2/c1-45-36-19-9-3-13-30(36)28-40-38(44)39(33-16-6-4-14-31(33)32-15-5-7-17-34(32)39)22-10-11-23-42-24-26-43(27-25-42)37-21-20-29-12-2-8-18-35(29)41-37/h2-9,12-21H,10-11,22-28H2,1H3,(H,40,44). The summed E-state index contributed by atoms with van der Waals surface area (Å²) < 4.78 is 5.56. The Balaban J connectivity index is 1.03. The molecule has 2 heterocycles. The summed E-state index contributed by atoms with van der Waals surface area (Å²) in [6, 6.07) is 37.4. The lowest BCUT2D eigenvalue weighted by Gasteiger charge is -2.36. The minimum Gasteiger partial charge on any atom is -0.496 e. The van der Waals surface area contributed by atoms with Gasteiger partial charge in [-0.05, 0) is 65.9 Å². The van der Waals surface area contributed by atoms with Crippen molar-refractivity contribution in [1.82, 2.24) is 15.2 Å². The molecule has 2 aliphatic rings. The summed E-state index contributed by atoms with van der Waals surface area (Å²) in [5.41, 5.74) is 5.85. The zero-order valence-corrected chi connectivity index (χ0v) is 25.9. The summed E-state index contributed by atoms with van der Waals surface area (Å²) in [4.78, 5) is 24.3. The van der Waals surface area contributed by atoms with Gasteiger partial charge in [0.15, 0.2) is 0 Å². The van der Waals surface area contributed by atoms with Crippen LogP contribution in [0.5, 0.6) is 5.75 Å². The van der Waals surface area contributed by atoms with E-state index in [4.69, 9.17) is 9.72 Å². The van der Waals surface area contributed by atoms with Crippen molar-refractivity contribution in [3.05, 3.63) is 126 Å². The quantitative estimate of drug-likeness (QED) is 0.179. The lowest BCUT2D eigenvalue weighted by molar-refractivity contribution is -0.125. The van der Waals surface area contributed by atoms with Crippen molar-refractivity contribution in [2.45, 2.75) is 31.2 Å². The van der Waals surface area contributed by atoms with Crippen molar-refractivity contribution in [2.75, 3.05) is 44.7 Å². The van der Waals surface area contributed by atoms with E-state index in [0.29, 0.717) is 6.54 Å². The van der Waals surface area contributed by atoms with Gasteiger partial charge in [-0.25, -0.2) is 4.98 Å². The molecular weight excluding hydrogens is 556 g/mol. The number of nitrogens with one attached hydrogen (secondary N) is 1. The average Bonchev–Trinajstić information content (AvgIpc) is 3.39. The lowest BCUT2D eigenvalue weighted by atomic mass is 9.73. The van der Waals surface area contributed by atoms with Gasteiger partial charge in [0, 0.05) is 43.7 Å². The highest BCUT2D eigenvalue weighted by Crippen LogP contribution is 2.51. The molecule has 1 saturated heterocycles. The molecule has 7 rings (SSSR count). The normalized spacial score (nSPS) is 15.4. The van der Waals surface area contributed by atoms with Gasteiger partial charge >= 0.3 is 0 Å². The number of fused-ring (bicyclic) bond motifs is 4. The minimum atomic E-state index is -0.727. The average molecular weight is 597 g/mol. The monoisotopic (exact) mass is 596 g/mol. The predicted octanol–water partition coefficient (Wildman–Crippen LogP) is 6.82. The molecule has 0 bridgehead atoms. The van der Waals surface area contributed by atoms with Crippen LogP contribution in [-0.2, 0) is 16.8 Å². The maximum Gasteiger partial charge on any atom is 0.235 e. The first-order chi connectivity index (χ1) is 22.2. The molecule has 45 heavy (non-hydrogen) atoms. The van der Waals surface area contributed by atoms with E-state index < -0.39 is 5.41 Å². The number of anilines is 1. The first kappa shape index (κ1) is 29.1. The molecule has 1 aromatic heterocycles. The molecule has 4 aromatic carbocycles. The van der Waals surface area contributed by atoms with Gasteiger partial charge in [-0.3, -0.25) is 9.69 Å². The Hall–Kier alpha value is -4.68. The fraction of sp³-hybridized carbons (Fsp3) is 0.282. The molecule has 1 fully saturated rings. The first-order valence-corrected chi connectivity index (χ1v) is 16.1. The number of carbonyl (C=O) groups is 1. The Labute approximate surface area is 265 Å². The number of para-hydroxylation sites is 2. The van der Waals surface area contributed by atoms with Crippen LogP contribution in [0.2, 0.25) is 0 Å². The molecule has 0 unspecified atom stereocenters. The van der Waals surface area contributed by atoms with E-state index in [-0.39, 0.29) is 5.91 Å². The van der Waals surface area contributed by atoms with E-state index in [0.717, 1.165) is 85.8 Å². The Morgan fingerprint density at radius 3 is 2.20 bits per heavy atom. The molecule has 0 saturated carbocycles. The topological polar surface area (TPSA) is 57.7 Å². The SMILES string of the molecule is COc1ccccc1CNC(=O)C1(CCCCN2CCN(c3ccc4ccccc4n3)CC2)c2ccccc2-c2ccccc21. The van der Waals surface area contributed by atoms with Crippen molar-refractivity contribution >= 4 is 22.6 Å². The molecule has 5 aromatic rings. The maximum atomic E-state index is 14.4. The highest BCUT2D eigenvalue weighted by molar-refractivity contribution is 6.00. The molecule has 0 atom stereocenters. The second-order valence-corrected chi connectivity index (χ2v) is 12.1. The number of benzene rings is 4. The molecule has 0 spiro atoms. The van der Waals surface area contributed by atoms with E-state index in [1.807, 2.05) is 30.3 Å². The van der Waals surface area contributed by atoms with Gasteiger partial charge in [0.25, 0.3) is 0 Å². The molecule has 1 aliphatic heterocycles. The first-order valence-electron chi connectivity index (χ1n) is 16.1. The smallest absolute Gasteiger partial charge is 0.235 e. The van der Waals surface area contributed by atoms with Gasteiger partial charge in [-0.15, -0.1) is 0 Å². The number of amides is 1. The van der Waals surface area contributed by atoms with Crippen LogP contribution in [0, 0.1) is 0 Å². The lowest BCUT2D eigenvalue weighted by Crippen LogP contribution is -2.47. The van der Waals surface area contributed by atoms with Gasteiger partial charge in [0.05, 0.1) is 12.6 Å². The summed E-state index contributed by atoms with van der Waals surface area (Å²) in [7, 11) is 1.67. The van der Waals surface area contributed by atoms with Crippen molar-refractivity contribution in [1.29, 1.82) is 0 Å². The van der Waals surface area contributed by atoms with Crippen LogP contribution in [0.4, 0.5) is 5.82 Å². The molecule has 228 valence electrons. The van der Waals surface area contributed by atoms with E-state index >= 15 is 0 Å². The molecular formula is C39H40N4O2. The molecule has 1 amide bonds. The van der Waals surface area contributed by atoms with E-state index in [2.05, 4.69) is 94.0 Å². The minimum absolute atomic E-state index is 0.0577. The number of nitrogens with zero attached hydrogens (tertiary/aromatic N) is 3.